The van der Waals surface area contributed by atoms with Crippen LogP contribution in [0.4, 0.5) is 0 Å². The third-order valence-corrected chi connectivity index (χ3v) is 3.15. The van der Waals surface area contributed by atoms with Crippen molar-refractivity contribution < 1.29 is 9.53 Å². The first-order chi connectivity index (χ1) is 9.19. The molecule has 0 bridgehead atoms. The minimum atomic E-state index is -0.455. The van der Waals surface area contributed by atoms with Crippen molar-refractivity contribution in [2.45, 2.75) is 38.8 Å². The van der Waals surface area contributed by atoms with Crippen LogP contribution in [-0.2, 0) is 22.5 Å². The highest BCUT2D eigenvalue weighted by Crippen LogP contribution is 2.09. The van der Waals surface area contributed by atoms with E-state index in [0.717, 1.165) is 18.4 Å². The van der Waals surface area contributed by atoms with E-state index in [1.807, 2.05) is 18.2 Å². The number of carbonyl (C=O) groups excluding carboxylic acids is 1. The van der Waals surface area contributed by atoms with Gasteiger partial charge in [-0.05, 0) is 30.4 Å². The summed E-state index contributed by atoms with van der Waals surface area (Å²) >= 11 is 0. The Morgan fingerprint density at radius 2 is 2.05 bits per heavy atom. The van der Waals surface area contributed by atoms with Gasteiger partial charge >= 0.3 is 0 Å². The highest BCUT2D eigenvalue weighted by atomic mass is 16.5. The summed E-state index contributed by atoms with van der Waals surface area (Å²) in [5.74, 6) is -0.0954. The standard InChI is InChI=1S/C15H24N2O2/c1-3-12-7-4-5-8-13(12)11-17-15(18)14(16)9-6-10-19-2/h4-5,7-8,14H,3,6,9-11,16H2,1-2H3,(H,17,18). The number of hydrogen-bond acceptors (Lipinski definition) is 3. The Bertz CT molecular complexity index is 393. The van der Waals surface area contributed by atoms with Crippen LogP contribution in [0.5, 0.6) is 0 Å². The van der Waals surface area contributed by atoms with Gasteiger partial charge in [0.25, 0.3) is 0 Å². The van der Waals surface area contributed by atoms with Crippen LogP contribution in [0.15, 0.2) is 24.3 Å². The smallest absolute Gasteiger partial charge is 0.237 e. The summed E-state index contributed by atoms with van der Waals surface area (Å²) in [6.45, 7) is 3.29. The Labute approximate surface area is 115 Å². The fourth-order valence-corrected chi connectivity index (χ4v) is 1.97. The van der Waals surface area contributed by atoms with E-state index in [2.05, 4.69) is 18.3 Å². The van der Waals surface area contributed by atoms with Crippen molar-refractivity contribution >= 4 is 5.91 Å². The van der Waals surface area contributed by atoms with Crippen molar-refractivity contribution in [1.29, 1.82) is 0 Å². The summed E-state index contributed by atoms with van der Waals surface area (Å²) < 4.78 is 4.94. The summed E-state index contributed by atoms with van der Waals surface area (Å²) in [5.41, 5.74) is 8.24. The topological polar surface area (TPSA) is 64.4 Å². The molecule has 19 heavy (non-hydrogen) atoms. The van der Waals surface area contributed by atoms with Crippen LogP contribution < -0.4 is 11.1 Å². The molecule has 1 aromatic carbocycles. The maximum Gasteiger partial charge on any atom is 0.237 e. The van der Waals surface area contributed by atoms with Gasteiger partial charge in [-0.1, -0.05) is 31.2 Å². The highest BCUT2D eigenvalue weighted by Gasteiger charge is 2.12. The largest absolute Gasteiger partial charge is 0.385 e. The molecule has 0 saturated carbocycles. The minimum absolute atomic E-state index is 0.0954. The lowest BCUT2D eigenvalue weighted by atomic mass is 10.1. The molecule has 3 N–H and O–H groups in total. The number of nitrogens with one attached hydrogen (secondary N) is 1. The van der Waals surface area contributed by atoms with Crippen molar-refractivity contribution in [2.75, 3.05) is 13.7 Å². The van der Waals surface area contributed by atoms with Gasteiger partial charge in [0.05, 0.1) is 6.04 Å². The number of hydrogen-bond donors (Lipinski definition) is 2. The number of nitrogens with two attached hydrogens (primary N) is 1. The minimum Gasteiger partial charge on any atom is -0.385 e. The van der Waals surface area contributed by atoms with Crippen LogP contribution in [0, 0.1) is 0 Å². The van der Waals surface area contributed by atoms with E-state index in [1.54, 1.807) is 7.11 Å². The van der Waals surface area contributed by atoms with E-state index in [-0.39, 0.29) is 5.91 Å². The van der Waals surface area contributed by atoms with Gasteiger partial charge in [-0.15, -0.1) is 0 Å². The van der Waals surface area contributed by atoms with Gasteiger partial charge in [-0.2, -0.15) is 0 Å². The lowest BCUT2D eigenvalue weighted by Crippen LogP contribution is -2.40. The Hall–Kier alpha value is -1.39. The molecule has 0 spiro atoms. The molecule has 106 valence electrons. The molecule has 4 heteroatoms. The lowest BCUT2D eigenvalue weighted by Gasteiger charge is -2.13. The Morgan fingerprint density at radius 3 is 2.68 bits per heavy atom. The molecule has 1 atom stereocenters. The molecular formula is C15H24N2O2. The van der Waals surface area contributed by atoms with Crippen molar-refractivity contribution in [3.63, 3.8) is 0 Å². The first-order valence-corrected chi connectivity index (χ1v) is 6.78. The van der Waals surface area contributed by atoms with Gasteiger partial charge in [0, 0.05) is 20.3 Å². The van der Waals surface area contributed by atoms with E-state index >= 15 is 0 Å². The zero-order valence-corrected chi connectivity index (χ0v) is 11.8. The molecule has 0 aliphatic heterocycles. The predicted octanol–water partition coefficient (Wildman–Crippen LogP) is 1.62. The molecule has 0 radical (unpaired) electrons. The van der Waals surface area contributed by atoms with Gasteiger partial charge in [-0.25, -0.2) is 0 Å². The molecule has 4 nitrogen and oxygen atoms in total. The van der Waals surface area contributed by atoms with Gasteiger partial charge in [0.15, 0.2) is 0 Å². The Balaban J connectivity index is 2.40. The second-order valence-electron chi connectivity index (χ2n) is 4.58. The van der Waals surface area contributed by atoms with Crippen LogP contribution >= 0.6 is 0 Å². The van der Waals surface area contributed by atoms with Crippen LogP contribution in [0.25, 0.3) is 0 Å². The van der Waals surface area contributed by atoms with E-state index in [0.29, 0.717) is 19.6 Å². The zero-order valence-electron chi connectivity index (χ0n) is 11.8. The first kappa shape index (κ1) is 15.7. The molecular weight excluding hydrogens is 240 g/mol. The van der Waals surface area contributed by atoms with Gasteiger partial charge in [-0.3, -0.25) is 4.79 Å². The number of benzene rings is 1. The Morgan fingerprint density at radius 1 is 1.37 bits per heavy atom. The van der Waals surface area contributed by atoms with Crippen molar-refractivity contribution in [3.05, 3.63) is 35.4 Å². The maximum absolute atomic E-state index is 11.8. The molecule has 0 aliphatic rings. The molecule has 0 fully saturated rings. The van der Waals surface area contributed by atoms with Gasteiger partial charge < -0.3 is 15.8 Å². The SMILES string of the molecule is CCc1ccccc1CNC(=O)C(N)CCCOC. The summed E-state index contributed by atoms with van der Waals surface area (Å²) in [4.78, 5) is 11.8. The van der Waals surface area contributed by atoms with Gasteiger partial charge in [0.2, 0.25) is 5.91 Å². The fraction of sp³-hybridized carbons (Fsp3) is 0.533. The van der Waals surface area contributed by atoms with Crippen molar-refractivity contribution in [1.82, 2.24) is 5.32 Å². The van der Waals surface area contributed by atoms with Crippen LogP contribution in [0.1, 0.15) is 30.9 Å². The first-order valence-electron chi connectivity index (χ1n) is 6.78. The highest BCUT2D eigenvalue weighted by molar-refractivity contribution is 5.81. The van der Waals surface area contributed by atoms with E-state index < -0.39 is 6.04 Å². The lowest BCUT2D eigenvalue weighted by molar-refractivity contribution is -0.122. The van der Waals surface area contributed by atoms with E-state index in [9.17, 15) is 4.79 Å². The molecule has 1 amide bonds. The summed E-state index contributed by atoms with van der Waals surface area (Å²) in [7, 11) is 1.65. The number of aryl methyl sites for hydroxylation is 1. The zero-order chi connectivity index (χ0) is 14.1. The average Bonchev–Trinajstić information content (AvgIpc) is 2.45. The Kier molecular flexibility index (Phi) is 7.15. The van der Waals surface area contributed by atoms with E-state index in [4.69, 9.17) is 10.5 Å². The number of carbonyl (C=O) groups is 1. The van der Waals surface area contributed by atoms with Crippen LogP contribution in [0.3, 0.4) is 0 Å². The predicted molar refractivity (Wildman–Crippen MR) is 76.8 cm³/mol. The van der Waals surface area contributed by atoms with E-state index in [1.165, 1.54) is 5.56 Å². The molecule has 0 aromatic heterocycles. The second-order valence-corrected chi connectivity index (χ2v) is 4.58. The average molecular weight is 264 g/mol. The molecule has 0 saturated heterocycles. The van der Waals surface area contributed by atoms with Crippen molar-refractivity contribution in [2.24, 2.45) is 5.73 Å². The quantitative estimate of drug-likeness (QED) is 0.701. The van der Waals surface area contributed by atoms with Crippen LogP contribution in [0.2, 0.25) is 0 Å². The van der Waals surface area contributed by atoms with Crippen molar-refractivity contribution in [3.8, 4) is 0 Å². The van der Waals surface area contributed by atoms with Gasteiger partial charge in [0.1, 0.15) is 0 Å². The molecule has 0 aliphatic carbocycles. The second kappa shape index (κ2) is 8.67. The molecule has 1 rings (SSSR count). The maximum atomic E-state index is 11.8. The summed E-state index contributed by atoms with van der Waals surface area (Å²) in [5, 5.41) is 2.90. The van der Waals surface area contributed by atoms with Crippen LogP contribution in [-0.4, -0.2) is 25.7 Å². The number of amides is 1. The number of rotatable bonds is 8. The third kappa shape index (κ3) is 5.41. The number of methoxy groups -OCH3 is 1. The summed E-state index contributed by atoms with van der Waals surface area (Å²) in [6.07, 6.45) is 2.41. The molecule has 1 unspecified atom stereocenters. The monoisotopic (exact) mass is 264 g/mol. The molecule has 0 heterocycles. The number of ether oxygens (including phenoxy) is 1. The fourth-order valence-electron chi connectivity index (χ4n) is 1.97. The normalized spacial score (nSPS) is 12.2. The molecule has 1 aromatic rings. The third-order valence-electron chi connectivity index (χ3n) is 3.15. The summed E-state index contributed by atoms with van der Waals surface area (Å²) in [6, 6.07) is 7.67.